The lowest BCUT2D eigenvalue weighted by Gasteiger charge is -2.39. The van der Waals surface area contributed by atoms with E-state index in [1.807, 2.05) is 11.9 Å². The Kier molecular flexibility index (Phi) is 2.74. The number of fused-ring (bicyclic) bond motifs is 1. The molecule has 1 unspecified atom stereocenters. The lowest BCUT2D eigenvalue weighted by Crippen LogP contribution is -2.45. The van der Waals surface area contributed by atoms with Crippen molar-refractivity contribution >= 4 is 11.4 Å². The molecule has 2 rings (SSSR count). The highest BCUT2D eigenvalue weighted by atomic mass is 19.1. The molecule has 2 nitrogen and oxygen atoms in total. The second kappa shape index (κ2) is 3.92. The van der Waals surface area contributed by atoms with E-state index in [4.69, 9.17) is 0 Å². The average Bonchev–Trinajstić information content (AvgIpc) is 2.19. The predicted molar refractivity (Wildman–Crippen MR) is 61.9 cm³/mol. The third kappa shape index (κ3) is 1.72. The SMILES string of the molecule is CC(C)C1CNc2c(F)cc(F)cc2N1C. The summed E-state index contributed by atoms with van der Waals surface area (Å²) in [6.45, 7) is 4.89. The Bertz CT molecular complexity index is 404. The van der Waals surface area contributed by atoms with Crippen LogP contribution < -0.4 is 10.2 Å². The summed E-state index contributed by atoms with van der Waals surface area (Å²) in [5, 5.41) is 3.04. The maximum atomic E-state index is 13.5. The van der Waals surface area contributed by atoms with Crippen molar-refractivity contribution < 1.29 is 8.78 Å². The van der Waals surface area contributed by atoms with E-state index >= 15 is 0 Å². The van der Waals surface area contributed by atoms with Gasteiger partial charge in [-0.3, -0.25) is 0 Å². The minimum atomic E-state index is -0.533. The highest BCUT2D eigenvalue weighted by Gasteiger charge is 2.27. The Morgan fingerprint density at radius 1 is 1.38 bits per heavy atom. The van der Waals surface area contributed by atoms with E-state index in [0.29, 0.717) is 23.8 Å². The van der Waals surface area contributed by atoms with E-state index in [1.54, 1.807) is 0 Å². The van der Waals surface area contributed by atoms with Crippen LogP contribution in [-0.2, 0) is 0 Å². The number of hydrogen-bond donors (Lipinski definition) is 1. The Hall–Kier alpha value is -1.32. The first-order chi connectivity index (χ1) is 7.50. The molecule has 0 radical (unpaired) electrons. The lowest BCUT2D eigenvalue weighted by molar-refractivity contribution is 0.477. The van der Waals surface area contributed by atoms with Gasteiger partial charge in [0.15, 0.2) is 5.82 Å². The molecular weight excluding hydrogens is 210 g/mol. The second-order valence-corrected chi connectivity index (χ2v) is 4.58. The zero-order chi connectivity index (χ0) is 11.9. The van der Waals surface area contributed by atoms with E-state index < -0.39 is 11.6 Å². The molecule has 0 spiro atoms. The van der Waals surface area contributed by atoms with Crippen molar-refractivity contribution in [3.05, 3.63) is 23.8 Å². The summed E-state index contributed by atoms with van der Waals surface area (Å²) in [5.74, 6) is -0.629. The van der Waals surface area contributed by atoms with E-state index in [2.05, 4.69) is 19.2 Å². The third-order valence-corrected chi connectivity index (χ3v) is 3.17. The number of benzene rings is 1. The van der Waals surface area contributed by atoms with E-state index in [-0.39, 0.29) is 6.04 Å². The fourth-order valence-electron chi connectivity index (χ4n) is 2.22. The molecule has 1 aliphatic heterocycles. The summed E-state index contributed by atoms with van der Waals surface area (Å²) in [6, 6.07) is 2.55. The molecule has 1 atom stereocenters. The van der Waals surface area contributed by atoms with Crippen molar-refractivity contribution in [2.45, 2.75) is 19.9 Å². The quantitative estimate of drug-likeness (QED) is 0.792. The van der Waals surface area contributed by atoms with E-state index in [1.165, 1.54) is 6.07 Å². The van der Waals surface area contributed by atoms with Gasteiger partial charge in [-0.25, -0.2) is 8.78 Å². The van der Waals surface area contributed by atoms with Gasteiger partial charge in [-0.1, -0.05) is 13.8 Å². The van der Waals surface area contributed by atoms with Crippen LogP contribution in [0.4, 0.5) is 20.2 Å². The van der Waals surface area contributed by atoms with Crippen LogP contribution >= 0.6 is 0 Å². The minimum Gasteiger partial charge on any atom is -0.379 e. The number of halogens is 2. The van der Waals surface area contributed by atoms with Crippen LogP contribution in [0.5, 0.6) is 0 Å². The molecule has 1 aromatic rings. The lowest BCUT2D eigenvalue weighted by atomic mass is 9.99. The first-order valence-corrected chi connectivity index (χ1v) is 5.46. The number of likely N-dealkylation sites (N-methyl/N-ethyl adjacent to an activating group) is 1. The van der Waals surface area contributed by atoms with Crippen molar-refractivity contribution in [3.8, 4) is 0 Å². The van der Waals surface area contributed by atoms with E-state index in [0.717, 1.165) is 6.07 Å². The van der Waals surface area contributed by atoms with Gasteiger partial charge in [-0.2, -0.15) is 0 Å². The van der Waals surface area contributed by atoms with Gasteiger partial charge in [0, 0.05) is 25.7 Å². The van der Waals surface area contributed by atoms with Gasteiger partial charge in [0.2, 0.25) is 0 Å². The zero-order valence-electron chi connectivity index (χ0n) is 9.72. The van der Waals surface area contributed by atoms with Crippen molar-refractivity contribution in [2.24, 2.45) is 5.92 Å². The average molecular weight is 226 g/mol. The Morgan fingerprint density at radius 2 is 2.06 bits per heavy atom. The smallest absolute Gasteiger partial charge is 0.151 e. The molecule has 0 aliphatic carbocycles. The summed E-state index contributed by atoms with van der Waals surface area (Å²) >= 11 is 0. The molecule has 0 amide bonds. The highest BCUT2D eigenvalue weighted by Crippen LogP contribution is 2.35. The summed E-state index contributed by atoms with van der Waals surface area (Å²) in [7, 11) is 1.88. The molecule has 1 aromatic carbocycles. The summed E-state index contributed by atoms with van der Waals surface area (Å²) in [4.78, 5) is 1.95. The van der Waals surface area contributed by atoms with Gasteiger partial charge in [-0.05, 0) is 12.0 Å². The number of rotatable bonds is 1. The molecular formula is C12H16F2N2. The zero-order valence-corrected chi connectivity index (χ0v) is 9.72. The van der Waals surface area contributed by atoms with Crippen LogP contribution in [0.3, 0.4) is 0 Å². The maximum Gasteiger partial charge on any atom is 0.151 e. The van der Waals surface area contributed by atoms with Crippen molar-refractivity contribution in [2.75, 3.05) is 23.8 Å². The summed E-state index contributed by atoms with van der Waals surface area (Å²) < 4.78 is 26.7. The van der Waals surface area contributed by atoms with Gasteiger partial charge in [0.25, 0.3) is 0 Å². The third-order valence-electron chi connectivity index (χ3n) is 3.17. The Labute approximate surface area is 94.3 Å². The molecule has 4 heteroatoms. The fraction of sp³-hybridized carbons (Fsp3) is 0.500. The van der Waals surface area contributed by atoms with Crippen LogP contribution in [0.1, 0.15) is 13.8 Å². The number of hydrogen-bond acceptors (Lipinski definition) is 2. The Balaban J connectivity index is 2.44. The number of nitrogens with zero attached hydrogens (tertiary/aromatic N) is 1. The van der Waals surface area contributed by atoms with Crippen LogP contribution in [0.15, 0.2) is 12.1 Å². The molecule has 0 bridgehead atoms. The molecule has 16 heavy (non-hydrogen) atoms. The van der Waals surface area contributed by atoms with Crippen molar-refractivity contribution in [3.63, 3.8) is 0 Å². The van der Waals surface area contributed by atoms with Crippen LogP contribution in [-0.4, -0.2) is 19.6 Å². The first-order valence-electron chi connectivity index (χ1n) is 5.46. The highest BCUT2D eigenvalue weighted by molar-refractivity contribution is 5.73. The van der Waals surface area contributed by atoms with Gasteiger partial charge < -0.3 is 10.2 Å². The molecule has 0 saturated heterocycles. The maximum absolute atomic E-state index is 13.5. The second-order valence-electron chi connectivity index (χ2n) is 4.58. The fourth-order valence-corrected chi connectivity index (χ4v) is 2.22. The summed E-state index contributed by atoms with van der Waals surface area (Å²) in [5.41, 5.74) is 1.00. The van der Waals surface area contributed by atoms with Gasteiger partial charge >= 0.3 is 0 Å². The van der Waals surface area contributed by atoms with Crippen molar-refractivity contribution in [1.29, 1.82) is 0 Å². The van der Waals surface area contributed by atoms with Crippen LogP contribution in [0.25, 0.3) is 0 Å². The number of nitrogens with one attached hydrogen (secondary N) is 1. The summed E-state index contributed by atoms with van der Waals surface area (Å²) in [6.07, 6.45) is 0. The first kappa shape index (κ1) is 11.2. The monoisotopic (exact) mass is 226 g/mol. The topological polar surface area (TPSA) is 15.3 Å². The normalized spacial score (nSPS) is 19.6. The van der Waals surface area contributed by atoms with Gasteiger partial charge in [-0.15, -0.1) is 0 Å². The van der Waals surface area contributed by atoms with E-state index in [9.17, 15) is 8.78 Å². The molecule has 1 aliphatic rings. The molecule has 0 fully saturated rings. The van der Waals surface area contributed by atoms with Gasteiger partial charge in [0.05, 0.1) is 11.4 Å². The number of anilines is 2. The minimum absolute atomic E-state index is 0.258. The van der Waals surface area contributed by atoms with Crippen LogP contribution in [0.2, 0.25) is 0 Å². The molecule has 88 valence electrons. The molecule has 0 aromatic heterocycles. The van der Waals surface area contributed by atoms with Crippen LogP contribution in [0, 0.1) is 17.6 Å². The van der Waals surface area contributed by atoms with Crippen molar-refractivity contribution in [1.82, 2.24) is 0 Å². The molecule has 1 heterocycles. The Morgan fingerprint density at radius 3 is 2.69 bits per heavy atom. The largest absolute Gasteiger partial charge is 0.379 e. The van der Waals surface area contributed by atoms with Gasteiger partial charge in [0.1, 0.15) is 5.82 Å². The molecule has 0 saturated carbocycles. The standard InChI is InChI=1S/C12H16F2N2/c1-7(2)11-6-15-12-9(14)4-8(13)5-10(12)16(11)3/h4-5,7,11,15H,6H2,1-3H3. The predicted octanol–water partition coefficient (Wildman–Crippen LogP) is 2.85. The molecule has 1 N–H and O–H groups in total.